The van der Waals surface area contributed by atoms with Crippen LogP contribution in [0, 0.1) is 0 Å². The molecule has 1 saturated heterocycles. The molecule has 0 saturated carbocycles. The molecule has 2 rings (SSSR count). The van der Waals surface area contributed by atoms with E-state index in [2.05, 4.69) is 0 Å². The summed E-state index contributed by atoms with van der Waals surface area (Å²) in [4.78, 5) is 15.7. The van der Waals surface area contributed by atoms with Crippen LogP contribution in [0.25, 0.3) is 0 Å². The van der Waals surface area contributed by atoms with E-state index in [1.807, 2.05) is 17.5 Å². The van der Waals surface area contributed by atoms with Gasteiger partial charge in [0.25, 0.3) is 0 Å². The first kappa shape index (κ1) is 15.3. The Bertz CT molecular complexity index is 461. The summed E-state index contributed by atoms with van der Waals surface area (Å²) in [6, 6.07) is 1.77. The maximum atomic E-state index is 13.0. The monoisotopic (exact) mass is 306 g/mol. The highest BCUT2D eigenvalue weighted by atomic mass is 32.1. The number of piperazine rings is 1. The van der Waals surface area contributed by atoms with Crippen molar-refractivity contribution in [1.82, 2.24) is 9.80 Å². The van der Waals surface area contributed by atoms with E-state index in [1.54, 1.807) is 6.92 Å². The number of carbonyl (C=O) groups excluding carboxylic acids is 1. The van der Waals surface area contributed by atoms with Crippen LogP contribution in [0.3, 0.4) is 0 Å². The fourth-order valence-corrected chi connectivity index (χ4v) is 3.07. The second kappa shape index (κ2) is 5.73. The number of likely N-dealkylation sites (N-methyl/N-ethyl adjacent to an activating group) is 1. The molecule has 1 aliphatic heterocycles. The number of halogens is 3. The summed E-state index contributed by atoms with van der Waals surface area (Å²) in [5.41, 5.74) is 0. The fourth-order valence-electron chi connectivity index (χ4n) is 2.38. The normalized spacial score (nSPS) is 24.9. The first-order valence-electron chi connectivity index (χ1n) is 6.38. The van der Waals surface area contributed by atoms with Gasteiger partial charge in [-0.3, -0.25) is 9.69 Å². The summed E-state index contributed by atoms with van der Waals surface area (Å²) >= 11 is 1.44. The topological polar surface area (TPSA) is 23.6 Å². The van der Waals surface area contributed by atoms with Crippen LogP contribution in [0.1, 0.15) is 11.8 Å². The van der Waals surface area contributed by atoms with E-state index < -0.39 is 12.2 Å². The van der Waals surface area contributed by atoms with Gasteiger partial charge in [-0.25, -0.2) is 0 Å². The molecule has 1 aromatic rings. The van der Waals surface area contributed by atoms with Crippen molar-refractivity contribution in [3.8, 4) is 0 Å². The molecule has 2 unspecified atom stereocenters. The Morgan fingerprint density at radius 1 is 1.45 bits per heavy atom. The first-order chi connectivity index (χ1) is 9.29. The predicted octanol–water partition coefficient (Wildman–Crippen LogP) is 2.38. The second-order valence-corrected chi connectivity index (χ2v) is 6.16. The zero-order valence-corrected chi connectivity index (χ0v) is 12.2. The fraction of sp³-hybridized carbons (Fsp3) is 0.615. The van der Waals surface area contributed by atoms with Gasteiger partial charge in [0.1, 0.15) is 6.04 Å². The van der Waals surface area contributed by atoms with Crippen molar-refractivity contribution in [3.05, 3.63) is 22.4 Å². The van der Waals surface area contributed by atoms with Gasteiger partial charge in [-0.1, -0.05) is 6.07 Å². The molecule has 0 spiro atoms. The lowest BCUT2D eigenvalue weighted by molar-refractivity contribution is -0.200. The summed E-state index contributed by atoms with van der Waals surface area (Å²) in [5.74, 6) is -0.235. The van der Waals surface area contributed by atoms with E-state index in [9.17, 15) is 18.0 Å². The molecule has 3 nitrogen and oxygen atoms in total. The van der Waals surface area contributed by atoms with Crippen LogP contribution in [0.5, 0.6) is 0 Å². The maximum Gasteiger partial charge on any atom is 0.405 e. The van der Waals surface area contributed by atoms with Crippen LogP contribution >= 0.6 is 11.3 Å². The molecule has 0 N–H and O–H groups in total. The average Bonchev–Trinajstić information content (AvgIpc) is 2.83. The van der Waals surface area contributed by atoms with Crippen LogP contribution in [-0.4, -0.2) is 54.1 Å². The van der Waals surface area contributed by atoms with Gasteiger partial charge >= 0.3 is 6.18 Å². The van der Waals surface area contributed by atoms with Crippen LogP contribution < -0.4 is 0 Å². The van der Waals surface area contributed by atoms with E-state index in [0.29, 0.717) is 6.54 Å². The Hall–Kier alpha value is -1.08. The minimum atomic E-state index is -4.31. The summed E-state index contributed by atoms with van der Waals surface area (Å²) < 4.78 is 39.0. The minimum Gasteiger partial charge on any atom is -0.339 e. The molecule has 20 heavy (non-hydrogen) atoms. The van der Waals surface area contributed by atoms with Crippen molar-refractivity contribution >= 4 is 17.2 Å². The zero-order valence-electron chi connectivity index (χ0n) is 11.4. The molecule has 0 bridgehead atoms. The number of rotatable bonds is 2. The van der Waals surface area contributed by atoms with Gasteiger partial charge in [-0.2, -0.15) is 13.2 Å². The highest BCUT2D eigenvalue weighted by Gasteiger charge is 2.47. The molecule has 1 aromatic heterocycles. The van der Waals surface area contributed by atoms with Gasteiger partial charge in [0.05, 0.1) is 6.42 Å². The highest BCUT2D eigenvalue weighted by molar-refractivity contribution is 7.10. The Kier molecular flexibility index (Phi) is 4.39. The maximum absolute atomic E-state index is 13.0. The molecular weight excluding hydrogens is 289 g/mol. The van der Waals surface area contributed by atoms with Crippen molar-refractivity contribution in [2.75, 3.05) is 20.1 Å². The van der Waals surface area contributed by atoms with E-state index in [1.165, 1.54) is 28.2 Å². The summed E-state index contributed by atoms with van der Waals surface area (Å²) in [6.07, 6.45) is -4.14. The number of amides is 1. The van der Waals surface area contributed by atoms with Crippen molar-refractivity contribution < 1.29 is 18.0 Å². The quantitative estimate of drug-likeness (QED) is 0.837. The second-order valence-electron chi connectivity index (χ2n) is 5.13. The Morgan fingerprint density at radius 3 is 2.70 bits per heavy atom. The molecule has 1 fully saturated rings. The molecule has 0 aromatic carbocycles. The lowest BCUT2D eigenvalue weighted by Gasteiger charge is -2.44. The van der Waals surface area contributed by atoms with Crippen LogP contribution in [0.15, 0.2) is 17.5 Å². The third-order valence-corrected chi connectivity index (χ3v) is 4.58. The van der Waals surface area contributed by atoms with Crippen molar-refractivity contribution in [2.24, 2.45) is 0 Å². The van der Waals surface area contributed by atoms with Gasteiger partial charge in [0, 0.05) is 24.0 Å². The number of hydrogen-bond acceptors (Lipinski definition) is 3. The Morgan fingerprint density at radius 2 is 2.15 bits per heavy atom. The third kappa shape index (κ3) is 3.32. The third-order valence-electron chi connectivity index (χ3n) is 3.70. The molecule has 112 valence electrons. The van der Waals surface area contributed by atoms with Gasteiger partial charge in [-0.05, 0) is 25.4 Å². The molecular formula is C13H17F3N2OS. The lowest BCUT2D eigenvalue weighted by atomic mass is 10.1. The van der Waals surface area contributed by atoms with Crippen LogP contribution in [-0.2, 0) is 11.2 Å². The van der Waals surface area contributed by atoms with E-state index in [4.69, 9.17) is 0 Å². The number of nitrogens with zero attached hydrogens (tertiary/aromatic N) is 2. The molecule has 7 heteroatoms. The van der Waals surface area contributed by atoms with Gasteiger partial charge in [0.15, 0.2) is 0 Å². The SMILES string of the molecule is CC1CN(C(=O)Cc2cccs2)CC(C(F)(F)F)N1C. The number of alkyl halides is 3. The summed E-state index contributed by atoms with van der Waals surface area (Å²) in [5, 5.41) is 1.85. The zero-order chi connectivity index (χ0) is 14.9. The van der Waals surface area contributed by atoms with Crippen LogP contribution in [0.2, 0.25) is 0 Å². The lowest BCUT2D eigenvalue weighted by Crippen LogP contribution is -2.62. The molecule has 1 aliphatic rings. The van der Waals surface area contributed by atoms with Gasteiger partial charge < -0.3 is 4.90 Å². The molecule has 2 heterocycles. The molecule has 0 radical (unpaired) electrons. The van der Waals surface area contributed by atoms with Crippen molar-refractivity contribution in [2.45, 2.75) is 31.6 Å². The predicted molar refractivity (Wildman–Crippen MR) is 71.7 cm³/mol. The van der Waals surface area contributed by atoms with E-state index in [0.717, 1.165) is 4.88 Å². The van der Waals surface area contributed by atoms with Crippen molar-refractivity contribution in [3.63, 3.8) is 0 Å². The minimum absolute atomic E-state index is 0.179. The largest absolute Gasteiger partial charge is 0.405 e. The first-order valence-corrected chi connectivity index (χ1v) is 7.26. The number of carbonyl (C=O) groups is 1. The smallest absolute Gasteiger partial charge is 0.339 e. The molecule has 2 atom stereocenters. The molecule has 0 aliphatic carbocycles. The molecule has 1 amide bonds. The van der Waals surface area contributed by atoms with E-state index >= 15 is 0 Å². The number of thiophene rings is 1. The highest BCUT2D eigenvalue weighted by Crippen LogP contribution is 2.29. The Balaban J connectivity index is 2.07. The van der Waals surface area contributed by atoms with Gasteiger partial charge in [-0.15, -0.1) is 11.3 Å². The standard InChI is InChI=1S/C13H17F3N2OS/c1-9-7-18(8-11(17(9)2)13(14,15)16)12(19)6-10-4-3-5-20-10/h3-5,9,11H,6-8H2,1-2H3. The van der Waals surface area contributed by atoms with E-state index in [-0.39, 0.29) is 24.9 Å². The number of hydrogen-bond donors (Lipinski definition) is 0. The summed E-state index contributed by atoms with van der Waals surface area (Å²) in [7, 11) is 1.46. The van der Waals surface area contributed by atoms with Crippen LogP contribution in [0.4, 0.5) is 13.2 Å². The van der Waals surface area contributed by atoms with Crippen molar-refractivity contribution in [1.29, 1.82) is 0 Å². The summed E-state index contributed by atoms with van der Waals surface area (Å²) in [6.45, 7) is 1.77. The average molecular weight is 306 g/mol. The Labute approximate surface area is 120 Å². The van der Waals surface area contributed by atoms with Gasteiger partial charge in [0.2, 0.25) is 5.91 Å².